The van der Waals surface area contributed by atoms with Crippen LogP contribution in [-0.2, 0) is 4.79 Å². The molecule has 7 heteroatoms. The molecule has 3 rings (SSSR count). The maximum absolute atomic E-state index is 12.9. The van der Waals surface area contributed by atoms with Crippen LogP contribution in [0.2, 0.25) is 0 Å². The predicted molar refractivity (Wildman–Crippen MR) is 83.2 cm³/mol. The molecule has 0 bridgehead atoms. The van der Waals surface area contributed by atoms with Crippen LogP contribution in [0.4, 0.5) is 4.39 Å². The predicted octanol–water partition coefficient (Wildman–Crippen LogP) is 2.76. The van der Waals surface area contributed by atoms with Crippen molar-refractivity contribution in [1.82, 2.24) is 10.3 Å². The summed E-state index contributed by atoms with van der Waals surface area (Å²) >= 11 is 1.46. The first kappa shape index (κ1) is 15.6. The Labute approximate surface area is 136 Å². The number of rotatable bonds is 6. The number of amides is 1. The molecular weight excluding hydrogens is 319 g/mol. The standard InChI is InChI=1S/C16H15FN2O3S/c17-11-5-3-9(4-6-11)12(16(21)22)7-18-14(20)13-8-23-15(19-13)10-1-2-10/h3-6,8,10,12H,1-2,7H2,(H,18,20)(H,21,22). The third-order valence-electron chi connectivity index (χ3n) is 3.72. The summed E-state index contributed by atoms with van der Waals surface area (Å²) in [4.78, 5) is 27.8. The summed E-state index contributed by atoms with van der Waals surface area (Å²) in [7, 11) is 0. The number of carboxylic acid groups (broad SMARTS) is 1. The molecule has 1 atom stereocenters. The first-order valence-electron chi connectivity index (χ1n) is 7.26. The molecule has 1 aromatic carbocycles. The average molecular weight is 334 g/mol. The number of aromatic nitrogens is 1. The molecule has 1 amide bonds. The lowest BCUT2D eigenvalue weighted by Crippen LogP contribution is -2.31. The Bertz CT molecular complexity index is 725. The van der Waals surface area contributed by atoms with E-state index in [1.54, 1.807) is 5.38 Å². The molecule has 23 heavy (non-hydrogen) atoms. The summed E-state index contributed by atoms with van der Waals surface area (Å²) in [5.74, 6) is -2.35. The zero-order valence-corrected chi connectivity index (χ0v) is 13.0. The van der Waals surface area contributed by atoms with Crippen LogP contribution in [0.5, 0.6) is 0 Å². The molecule has 5 nitrogen and oxygen atoms in total. The molecule has 0 radical (unpaired) electrons. The van der Waals surface area contributed by atoms with Crippen molar-refractivity contribution in [2.24, 2.45) is 0 Å². The van der Waals surface area contributed by atoms with Gasteiger partial charge in [0.2, 0.25) is 0 Å². The molecule has 2 aromatic rings. The molecular formula is C16H15FN2O3S. The van der Waals surface area contributed by atoms with Crippen molar-refractivity contribution >= 4 is 23.2 Å². The molecule has 1 heterocycles. The number of hydrogen-bond donors (Lipinski definition) is 2. The van der Waals surface area contributed by atoms with E-state index in [4.69, 9.17) is 0 Å². The van der Waals surface area contributed by atoms with Gasteiger partial charge in [-0.1, -0.05) is 12.1 Å². The van der Waals surface area contributed by atoms with Gasteiger partial charge in [-0.25, -0.2) is 9.37 Å². The Morgan fingerprint density at radius 1 is 1.35 bits per heavy atom. The Morgan fingerprint density at radius 2 is 2.04 bits per heavy atom. The van der Waals surface area contributed by atoms with Crippen molar-refractivity contribution in [2.45, 2.75) is 24.7 Å². The van der Waals surface area contributed by atoms with Gasteiger partial charge in [-0.05, 0) is 30.5 Å². The normalized spacial score (nSPS) is 15.2. The van der Waals surface area contributed by atoms with E-state index in [0.29, 0.717) is 17.2 Å². The zero-order valence-electron chi connectivity index (χ0n) is 12.2. The number of thiazole rings is 1. The second-order valence-electron chi connectivity index (χ2n) is 5.50. The minimum atomic E-state index is -1.08. The number of nitrogens with zero attached hydrogens (tertiary/aromatic N) is 1. The maximum atomic E-state index is 12.9. The van der Waals surface area contributed by atoms with Gasteiger partial charge in [-0.15, -0.1) is 11.3 Å². The molecule has 1 fully saturated rings. The third kappa shape index (κ3) is 3.73. The molecule has 120 valence electrons. The van der Waals surface area contributed by atoms with Crippen LogP contribution in [0.25, 0.3) is 0 Å². The van der Waals surface area contributed by atoms with Crippen LogP contribution in [0, 0.1) is 5.82 Å². The maximum Gasteiger partial charge on any atom is 0.312 e. The number of halogens is 1. The van der Waals surface area contributed by atoms with Crippen LogP contribution in [0.3, 0.4) is 0 Å². The van der Waals surface area contributed by atoms with E-state index in [2.05, 4.69) is 10.3 Å². The molecule has 1 saturated carbocycles. The number of benzene rings is 1. The number of carbonyl (C=O) groups excluding carboxylic acids is 1. The number of hydrogen-bond acceptors (Lipinski definition) is 4. The van der Waals surface area contributed by atoms with Crippen molar-refractivity contribution < 1.29 is 19.1 Å². The highest BCUT2D eigenvalue weighted by molar-refractivity contribution is 7.10. The second-order valence-corrected chi connectivity index (χ2v) is 6.39. The highest BCUT2D eigenvalue weighted by Gasteiger charge is 2.28. The number of aliphatic carboxylic acids is 1. The van der Waals surface area contributed by atoms with Gasteiger partial charge < -0.3 is 10.4 Å². The van der Waals surface area contributed by atoms with E-state index < -0.39 is 17.7 Å². The molecule has 0 aliphatic heterocycles. The zero-order chi connectivity index (χ0) is 16.4. The van der Waals surface area contributed by atoms with Gasteiger partial charge in [-0.2, -0.15) is 0 Å². The molecule has 0 spiro atoms. The van der Waals surface area contributed by atoms with Crippen molar-refractivity contribution in [3.63, 3.8) is 0 Å². The van der Waals surface area contributed by atoms with Crippen LogP contribution in [-0.4, -0.2) is 28.5 Å². The van der Waals surface area contributed by atoms with Crippen LogP contribution in [0.1, 0.15) is 45.7 Å². The summed E-state index contributed by atoms with van der Waals surface area (Å²) < 4.78 is 12.9. The van der Waals surface area contributed by atoms with E-state index in [1.165, 1.54) is 35.6 Å². The quantitative estimate of drug-likeness (QED) is 0.851. The van der Waals surface area contributed by atoms with Gasteiger partial charge in [0.1, 0.15) is 11.5 Å². The molecule has 1 aromatic heterocycles. The fourth-order valence-corrected chi connectivity index (χ4v) is 3.21. The van der Waals surface area contributed by atoms with Gasteiger partial charge in [0, 0.05) is 17.8 Å². The van der Waals surface area contributed by atoms with E-state index in [1.807, 2.05) is 0 Å². The fourth-order valence-electron chi connectivity index (χ4n) is 2.24. The first-order valence-corrected chi connectivity index (χ1v) is 8.14. The van der Waals surface area contributed by atoms with Crippen LogP contribution in [0.15, 0.2) is 29.6 Å². The van der Waals surface area contributed by atoms with Gasteiger partial charge in [-0.3, -0.25) is 9.59 Å². The van der Waals surface area contributed by atoms with E-state index in [9.17, 15) is 19.1 Å². The Kier molecular flexibility index (Phi) is 4.38. The summed E-state index contributed by atoms with van der Waals surface area (Å²) in [6.45, 7) is -0.0733. The van der Waals surface area contributed by atoms with E-state index >= 15 is 0 Å². The molecule has 1 unspecified atom stereocenters. The monoisotopic (exact) mass is 334 g/mol. The SMILES string of the molecule is O=C(NCC(C(=O)O)c1ccc(F)cc1)c1csc(C2CC2)n1. The lowest BCUT2D eigenvalue weighted by atomic mass is 9.99. The fraction of sp³-hybridized carbons (Fsp3) is 0.312. The topological polar surface area (TPSA) is 79.3 Å². The number of carbonyl (C=O) groups is 2. The molecule has 1 aliphatic carbocycles. The Balaban J connectivity index is 1.64. The van der Waals surface area contributed by atoms with E-state index in [-0.39, 0.29) is 12.5 Å². The third-order valence-corrected chi connectivity index (χ3v) is 4.73. The van der Waals surface area contributed by atoms with Crippen LogP contribution >= 0.6 is 11.3 Å². The summed E-state index contributed by atoms with van der Waals surface area (Å²) in [6.07, 6.45) is 2.22. The van der Waals surface area contributed by atoms with Gasteiger partial charge in [0.25, 0.3) is 5.91 Å². The van der Waals surface area contributed by atoms with E-state index in [0.717, 1.165) is 17.8 Å². The average Bonchev–Trinajstić information content (AvgIpc) is 3.26. The lowest BCUT2D eigenvalue weighted by molar-refractivity contribution is -0.138. The van der Waals surface area contributed by atoms with Gasteiger partial charge in [0.05, 0.1) is 10.9 Å². The Hall–Kier alpha value is -2.28. The number of carboxylic acids is 1. The molecule has 0 saturated heterocycles. The van der Waals surface area contributed by atoms with Crippen molar-refractivity contribution in [3.05, 3.63) is 51.7 Å². The number of nitrogens with one attached hydrogen (secondary N) is 1. The minimum Gasteiger partial charge on any atom is -0.481 e. The summed E-state index contributed by atoms with van der Waals surface area (Å²) in [6, 6.07) is 5.23. The minimum absolute atomic E-state index is 0.0733. The van der Waals surface area contributed by atoms with Crippen LogP contribution < -0.4 is 5.32 Å². The second kappa shape index (κ2) is 6.45. The summed E-state index contributed by atoms with van der Waals surface area (Å²) in [5, 5.41) is 14.6. The highest BCUT2D eigenvalue weighted by Crippen LogP contribution is 2.41. The van der Waals surface area contributed by atoms with Crippen molar-refractivity contribution in [2.75, 3.05) is 6.54 Å². The Morgan fingerprint density at radius 3 is 2.65 bits per heavy atom. The van der Waals surface area contributed by atoms with Gasteiger partial charge >= 0.3 is 5.97 Å². The molecule has 2 N–H and O–H groups in total. The van der Waals surface area contributed by atoms with Crippen molar-refractivity contribution in [1.29, 1.82) is 0 Å². The van der Waals surface area contributed by atoms with Gasteiger partial charge in [0.15, 0.2) is 0 Å². The van der Waals surface area contributed by atoms with Crippen molar-refractivity contribution in [3.8, 4) is 0 Å². The highest BCUT2D eigenvalue weighted by atomic mass is 32.1. The first-order chi connectivity index (χ1) is 11.0. The molecule has 1 aliphatic rings. The lowest BCUT2D eigenvalue weighted by Gasteiger charge is -2.13. The smallest absolute Gasteiger partial charge is 0.312 e. The summed E-state index contributed by atoms with van der Waals surface area (Å²) in [5.41, 5.74) is 0.760. The largest absolute Gasteiger partial charge is 0.481 e.